The first-order valence-corrected chi connectivity index (χ1v) is 10.4. The molecule has 16 heteroatoms. The van der Waals surface area contributed by atoms with Crippen LogP contribution in [0.5, 0.6) is 0 Å². The van der Waals surface area contributed by atoms with Gasteiger partial charge in [0.2, 0.25) is 0 Å². The molecule has 0 radical (unpaired) electrons. The van der Waals surface area contributed by atoms with Crippen molar-refractivity contribution in [2.24, 2.45) is 23.7 Å². The van der Waals surface area contributed by atoms with Crippen LogP contribution in [0, 0.1) is 23.7 Å². The normalized spacial score (nSPS) is 31.9. The van der Waals surface area contributed by atoms with E-state index in [1.807, 2.05) is 0 Å². The summed E-state index contributed by atoms with van der Waals surface area (Å²) in [5.74, 6) is -12.9. The maximum Gasteiger partial charge on any atom is 0.438 e. The Labute approximate surface area is 175 Å². The van der Waals surface area contributed by atoms with Crippen LogP contribution >= 0.6 is 0 Å². The minimum atomic E-state index is -6.51. The van der Waals surface area contributed by atoms with Crippen LogP contribution in [0.2, 0.25) is 0 Å². The van der Waals surface area contributed by atoms with E-state index in [2.05, 4.69) is 11.3 Å². The summed E-state index contributed by atoms with van der Waals surface area (Å²) in [5, 5.41) is 0. The van der Waals surface area contributed by atoms with Crippen LogP contribution in [0.4, 0.5) is 26.3 Å². The minimum absolute atomic E-state index is 0.112. The van der Waals surface area contributed by atoms with Crippen LogP contribution in [0.25, 0.3) is 0 Å². The van der Waals surface area contributed by atoms with Gasteiger partial charge in [0.1, 0.15) is 18.0 Å². The molecule has 0 aromatic heterocycles. The van der Waals surface area contributed by atoms with Gasteiger partial charge in [-0.1, -0.05) is 6.58 Å². The van der Waals surface area contributed by atoms with Gasteiger partial charge < -0.3 is 14.2 Å². The van der Waals surface area contributed by atoms with Crippen molar-refractivity contribution in [3.8, 4) is 0 Å². The average molecular weight is 496 g/mol. The fourth-order valence-electron chi connectivity index (χ4n) is 4.62. The number of esters is 3. The van der Waals surface area contributed by atoms with Crippen molar-refractivity contribution in [1.29, 1.82) is 0 Å². The molecule has 6 atom stereocenters. The van der Waals surface area contributed by atoms with E-state index >= 15 is 0 Å². The van der Waals surface area contributed by atoms with Gasteiger partial charge in [0.15, 0.2) is 0 Å². The lowest BCUT2D eigenvalue weighted by Crippen LogP contribution is -2.64. The zero-order valence-corrected chi connectivity index (χ0v) is 16.4. The molecule has 1 aliphatic heterocycles. The number of ether oxygens (including phenoxy) is 3. The Bertz CT molecular complexity index is 942. The van der Waals surface area contributed by atoms with Crippen molar-refractivity contribution < 1.29 is 67.9 Å². The third-order valence-corrected chi connectivity index (χ3v) is 6.58. The summed E-state index contributed by atoms with van der Waals surface area (Å²) < 4.78 is 125. The Hall–Kier alpha value is -2.36. The molecule has 0 amide bonds. The molecular formula is C16H14F6O9S. The molecule has 1 saturated heterocycles. The third kappa shape index (κ3) is 3.72. The second kappa shape index (κ2) is 7.33. The second-order valence-corrected chi connectivity index (χ2v) is 9.04. The standard InChI is InChI=1S/C16H14F6O9S/c1-2-7(23)29-10-6-3-5-8(12(24)30-11(5)10)9(6)13(25)31-14(15(17,18)19,16(20,21)22)4-32(26,27)28/h2,5-6,8-11H,1,3-4H2,(H,26,27,28). The Kier molecular flexibility index (Phi) is 5.56. The number of carbonyl (C=O) groups is 3. The molecule has 32 heavy (non-hydrogen) atoms. The van der Waals surface area contributed by atoms with Gasteiger partial charge >= 0.3 is 35.9 Å². The highest BCUT2D eigenvalue weighted by Crippen LogP contribution is 2.59. The van der Waals surface area contributed by atoms with Crippen LogP contribution in [-0.4, -0.2) is 66.8 Å². The van der Waals surface area contributed by atoms with Gasteiger partial charge in [0.25, 0.3) is 10.1 Å². The van der Waals surface area contributed by atoms with Gasteiger partial charge in [-0.3, -0.25) is 14.1 Å². The number of carbonyl (C=O) groups excluding carboxylic acids is 3. The summed E-state index contributed by atoms with van der Waals surface area (Å²) in [5.41, 5.74) is -5.61. The lowest BCUT2D eigenvalue weighted by Gasteiger charge is -2.37. The fourth-order valence-corrected chi connectivity index (χ4v) is 5.52. The molecule has 2 saturated carbocycles. The quantitative estimate of drug-likeness (QED) is 0.189. The molecule has 1 N–H and O–H groups in total. The molecule has 3 aliphatic rings. The Morgan fingerprint density at radius 3 is 2.19 bits per heavy atom. The van der Waals surface area contributed by atoms with Gasteiger partial charge in [-0.15, -0.1) is 0 Å². The topological polar surface area (TPSA) is 133 Å². The van der Waals surface area contributed by atoms with E-state index in [0.717, 1.165) is 0 Å². The number of hydrogen-bond acceptors (Lipinski definition) is 8. The smallest absolute Gasteiger partial charge is 0.438 e. The zero-order chi connectivity index (χ0) is 24.4. The number of alkyl halides is 6. The highest BCUT2D eigenvalue weighted by atomic mass is 32.2. The van der Waals surface area contributed by atoms with E-state index in [9.17, 15) is 49.1 Å². The zero-order valence-electron chi connectivity index (χ0n) is 15.6. The van der Waals surface area contributed by atoms with Crippen LogP contribution in [0.1, 0.15) is 6.42 Å². The monoisotopic (exact) mass is 496 g/mol. The number of halogens is 6. The Balaban J connectivity index is 2.00. The van der Waals surface area contributed by atoms with Gasteiger partial charge in [-0.25, -0.2) is 4.79 Å². The summed E-state index contributed by atoms with van der Waals surface area (Å²) in [4.78, 5) is 36.3. The number of rotatable bonds is 6. The Morgan fingerprint density at radius 1 is 1.16 bits per heavy atom. The molecule has 0 spiro atoms. The van der Waals surface area contributed by atoms with E-state index in [0.29, 0.717) is 6.08 Å². The lowest BCUT2D eigenvalue weighted by molar-refractivity contribution is -0.362. The van der Waals surface area contributed by atoms with Gasteiger partial charge in [0.05, 0.1) is 11.8 Å². The first-order chi connectivity index (χ1) is 14.4. The molecule has 2 bridgehead atoms. The SMILES string of the molecule is C=CC(=O)OC1C2CC3C1OC(=O)C3C2C(=O)OC(CS(=O)(=O)O)(C(F)(F)F)C(F)(F)F. The predicted octanol–water partition coefficient (Wildman–Crippen LogP) is 1.19. The Morgan fingerprint density at radius 2 is 1.72 bits per heavy atom. The summed E-state index contributed by atoms with van der Waals surface area (Å²) >= 11 is 0. The first-order valence-electron chi connectivity index (χ1n) is 8.78. The van der Waals surface area contributed by atoms with E-state index in [1.54, 1.807) is 0 Å². The molecule has 9 nitrogen and oxygen atoms in total. The summed E-state index contributed by atoms with van der Waals surface area (Å²) in [6.45, 7) is 3.13. The second-order valence-electron chi connectivity index (χ2n) is 7.59. The van der Waals surface area contributed by atoms with Crippen LogP contribution in [0.15, 0.2) is 12.7 Å². The van der Waals surface area contributed by atoms with E-state index < -0.39 is 87.6 Å². The maximum atomic E-state index is 13.5. The third-order valence-electron chi connectivity index (χ3n) is 5.81. The highest BCUT2D eigenvalue weighted by molar-refractivity contribution is 7.85. The molecule has 0 aromatic carbocycles. The van der Waals surface area contributed by atoms with Crippen molar-refractivity contribution in [3.05, 3.63) is 12.7 Å². The summed E-state index contributed by atoms with van der Waals surface area (Å²) in [6.07, 6.45) is -14.8. The molecule has 1 heterocycles. The van der Waals surface area contributed by atoms with Crippen molar-refractivity contribution in [2.75, 3.05) is 5.75 Å². The van der Waals surface area contributed by atoms with E-state index in [1.165, 1.54) is 0 Å². The van der Waals surface area contributed by atoms with Gasteiger partial charge in [-0.05, 0) is 6.42 Å². The number of fused-ring (bicyclic) bond motifs is 1. The van der Waals surface area contributed by atoms with Crippen molar-refractivity contribution >= 4 is 28.0 Å². The molecule has 6 unspecified atom stereocenters. The highest BCUT2D eigenvalue weighted by Gasteiger charge is 2.77. The summed E-state index contributed by atoms with van der Waals surface area (Å²) in [7, 11) is -5.97. The largest absolute Gasteiger partial charge is 0.458 e. The van der Waals surface area contributed by atoms with Crippen LogP contribution < -0.4 is 0 Å². The first kappa shape index (κ1) is 24.3. The van der Waals surface area contributed by atoms with Crippen LogP contribution in [-0.2, 0) is 38.7 Å². The molecular weight excluding hydrogens is 482 g/mol. The van der Waals surface area contributed by atoms with E-state index in [4.69, 9.17) is 14.0 Å². The molecule has 2 aliphatic carbocycles. The molecule has 0 aromatic rings. The van der Waals surface area contributed by atoms with Crippen molar-refractivity contribution in [3.63, 3.8) is 0 Å². The molecule has 180 valence electrons. The average Bonchev–Trinajstić information content (AvgIpc) is 3.21. The van der Waals surface area contributed by atoms with Crippen LogP contribution in [0.3, 0.4) is 0 Å². The van der Waals surface area contributed by atoms with Gasteiger partial charge in [0, 0.05) is 17.9 Å². The summed E-state index contributed by atoms with van der Waals surface area (Å²) in [6, 6.07) is 0. The van der Waals surface area contributed by atoms with Crippen molar-refractivity contribution in [2.45, 2.75) is 36.6 Å². The van der Waals surface area contributed by atoms with Crippen molar-refractivity contribution in [1.82, 2.24) is 0 Å². The number of hydrogen-bond donors (Lipinski definition) is 1. The predicted molar refractivity (Wildman–Crippen MR) is 85.9 cm³/mol. The van der Waals surface area contributed by atoms with Gasteiger partial charge in [-0.2, -0.15) is 34.8 Å². The lowest BCUT2D eigenvalue weighted by atomic mass is 9.78. The minimum Gasteiger partial charge on any atom is -0.458 e. The fraction of sp³-hybridized carbons (Fsp3) is 0.688. The maximum absolute atomic E-state index is 13.5. The van der Waals surface area contributed by atoms with E-state index in [-0.39, 0.29) is 6.42 Å². The molecule has 3 fully saturated rings. The molecule has 3 rings (SSSR count).